The van der Waals surface area contributed by atoms with Crippen molar-refractivity contribution in [3.63, 3.8) is 0 Å². The molecule has 0 spiro atoms. The lowest BCUT2D eigenvalue weighted by Crippen LogP contribution is -2.40. The number of hydrogen-bond donors (Lipinski definition) is 1. The number of carbonyl (C=O) groups excluding carboxylic acids is 1. The lowest BCUT2D eigenvalue weighted by atomic mass is 10.2. The molecule has 0 aliphatic heterocycles. The van der Waals surface area contributed by atoms with Crippen LogP contribution in [0.3, 0.4) is 0 Å². The van der Waals surface area contributed by atoms with Gasteiger partial charge in [0, 0.05) is 31.9 Å². The number of nitrogens with two attached hydrogens (primary N) is 1. The second-order valence-electron chi connectivity index (χ2n) is 5.14. The zero-order valence-corrected chi connectivity index (χ0v) is 11.8. The van der Waals surface area contributed by atoms with Crippen LogP contribution in [0, 0.1) is 0 Å². The summed E-state index contributed by atoms with van der Waals surface area (Å²) in [6.45, 7) is 3.84. The molecule has 0 saturated heterocycles. The average Bonchev–Trinajstić information content (AvgIpc) is 3.24. The van der Waals surface area contributed by atoms with Gasteiger partial charge >= 0.3 is 0 Å². The Labute approximate surface area is 115 Å². The van der Waals surface area contributed by atoms with Crippen LogP contribution in [0.4, 0.5) is 5.69 Å². The maximum Gasteiger partial charge on any atom is 0.242 e. The summed E-state index contributed by atoms with van der Waals surface area (Å²) < 4.78 is 0. The van der Waals surface area contributed by atoms with E-state index in [0.29, 0.717) is 19.1 Å². The molecule has 104 valence electrons. The van der Waals surface area contributed by atoms with Crippen molar-refractivity contribution in [3.05, 3.63) is 29.8 Å². The van der Waals surface area contributed by atoms with Gasteiger partial charge in [0.15, 0.2) is 0 Å². The highest BCUT2D eigenvalue weighted by Gasteiger charge is 2.31. The molecule has 1 aliphatic carbocycles. The minimum absolute atomic E-state index is 0.218. The van der Waals surface area contributed by atoms with Gasteiger partial charge in [-0.2, -0.15) is 0 Å². The summed E-state index contributed by atoms with van der Waals surface area (Å²) >= 11 is 0. The van der Waals surface area contributed by atoms with Gasteiger partial charge in [0.1, 0.15) is 0 Å². The van der Waals surface area contributed by atoms with Crippen molar-refractivity contribution >= 4 is 11.6 Å². The van der Waals surface area contributed by atoms with Gasteiger partial charge < -0.3 is 15.5 Å². The fraction of sp³-hybridized carbons (Fsp3) is 0.533. The van der Waals surface area contributed by atoms with Crippen molar-refractivity contribution in [2.24, 2.45) is 5.73 Å². The Bertz CT molecular complexity index is 426. The quantitative estimate of drug-likeness (QED) is 0.846. The molecular weight excluding hydrogens is 238 g/mol. The SMILES string of the molecule is CCN(C(=O)CN(C)c1ccc(CN)cc1)C1CC1. The van der Waals surface area contributed by atoms with E-state index in [2.05, 4.69) is 0 Å². The summed E-state index contributed by atoms with van der Waals surface area (Å²) in [6, 6.07) is 8.54. The molecule has 4 heteroatoms. The lowest BCUT2D eigenvalue weighted by Gasteiger charge is -2.25. The van der Waals surface area contributed by atoms with Gasteiger partial charge in [0.25, 0.3) is 0 Å². The van der Waals surface area contributed by atoms with E-state index in [0.717, 1.165) is 30.6 Å². The molecule has 0 atom stereocenters. The standard InChI is InChI=1S/C15H23N3O/c1-3-18(14-8-9-14)15(19)11-17(2)13-6-4-12(10-16)5-7-13/h4-7,14H,3,8-11,16H2,1-2H3. The Morgan fingerprint density at radius 2 is 1.95 bits per heavy atom. The average molecular weight is 261 g/mol. The number of hydrogen-bond acceptors (Lipinski definition) is 3. The Balaban J connectivity index is 1.95. The van der Waals surface area contributed by atoms with Gasteiger partial charge in [-0.25, -0.2) is 0 Å². The molecule has 0 bridgehead atoms. The minimum atomic E-state index is 0.218. The monoisotopic (exact) mass is 261 g/mol. The van der Waals surface area contributed by atoms with Crippen LogP contribution in [-0.4, -0.2) is 37.0 Å². The number of anilines is 1. The largest absolute Gasteiger partial charge is 0.365 e. The maximum absolute atomic E-state index is 12.2. The van der Waals surface area contributed by atoms with Crippen LogP contribution >= 0.6 is 0 Å². The molecule has 2 N–H and O–H groups in total. The van der Waals surface area contributed by atoms with Crippen LogP contribution in [0.25, 0.3) is 0 Å². The van der Waals surface area contributed by atoms with Gasteiger partial charge in [-0.1, -0.05) is 12.1 Å². The molecule has 19 heavy (non-hydrogen) atoms. The van der Waals surface area contributed by atoms with Crippen molar-refractivity contribution in [1.29, 1.82) is 0 Å². The molecule has 2 rings (SSSR count). The van der Waals surface area contributed by atoms with Crippen molar-refractivity contribution in [3.8, 4) is 0 Å². The van der Waals surface area contributed by atoms with Gasteiger partial charge in [0.2, 0.25) is 5.91 Å². The van der Waals surface area contributed by atoms with E-state index in [9.17, 15) is 4.79 Å². The van der Waals surface area contributed by atoms with E-state index in [4.69, 9.17) is 5.73 Å². The molecule has 1 aromatic carbocycles. The first-order valence-corrected chi connectivity index (χ1v) is 6.95. The first kappa shape index (κ1) is 13.9. The van der Waals surface area contributed by atoms with Crippen molar-refractivity contribution < 1.29 is 4.79 Å². The van der Waals surface area contributed by atoms with Crippen LogP contribution in [0.1, 0.15) is 25.3 Å². The minimum Gasteiger partial charge on any atom is -0.365 e. The number of likely N-dealkylation sites (N-methyl/N-ethyl adjacent to an activating group) is 2. The normalized spacial score (nSPS) is 14.3. The van der Waals surface area contributed by atoms with Crippen LogP contribution in [0.2, 0.25) is 0 Å². The van der Waals surface area contributed by atoms with E-state index in [1.807, 2.05) is 48.0 Å². The number of nitrogens with zero attached hydrogens (tertiary/aromatic N) is 2. The second kappa shape index (κ2) is 6.06. The van der Waals surface area contributed by atoms with Crippen molar-refractivity contribution in [2.45, 2.75) is 32.4 Å². The van der Waals surface area contributed by atoms with E-state index < -0.39 is 0 Å². The van der Waals surface area contributed by atoms with Gasteiger partial charge in [-0.15, -0.1) is 0 Å². The number of amides is 1. The third-order valence-corrected chi connectivity index (χ3v) is 3.63. The van der Waals surface area contributed by atoms with E-state index >= 15 is 0 Å². The van der Waals surface area contributed by atoms with E-state index in [1.165, 1.54) is 0 Å². The third kappa shape index (κ3) is 3.47. The Morgan fingerprint density at radius 3 is 2.42 bits per heavy atom. The number of carbonyl (C=O) groups is 1. The maximum atomic E-state index is 12.2. The summed E-state index contributed by atoms with van der Waals surface area (Å²) in [5.41, 5.74) is 7.74. The molecule has 4 nitrogen and oxygen atoms in total. The van der Waals surface area contributed by atoms with Crippen LogP contribution in [-0.2, 0) is 11.3 Å². The highest BCUT2D eigenvalue weighted by molar-refractivity contribution is 5.82. The molecule has 0 heterocycles. The zero-order chi connectivity index (χ0) is 13.8. The highest BCUT2D eigenvalue weighted by Crippen LogP contribution is 2.26. The predicted molar refractivity (Wildman–Crippen MR) is 78.0 cm³/mol. The van der Waals surface area contributed by atoms with Crippen molar-refractivity contribution in [2.75, 3.05) is 25.0 Å². The van der Waals surface area contributed by atoms with Crippen molar-refractivity contribution in [1.82, 2.24) is 4.90 Å². The first-order chi connectivity index (χ1) is 9.15. The van der Waals surface area contributed by atoms with Gasteiger partial charge in [-0.3, -0.25) is 4.79 Å². The zero-order valence-electron chi connectivity index (χ0n) is 11.8. The molecule has 0 radical (unpaired) electrons. The molecule has 1 aliphatic rings. The Morgan fingerprint density at radius 1 is 1.32 bits per heavy atom. The highest BCUT2D eigenvalue weighted by atomic mass is 16.2. The molecular formula is C15H23N3O. The third-order valence-electron chi connectivity index (χ3n) is 3.63. The van der Waals surface area contributed by atoms with E-state index in [-0.39, 0.29) is 5.91 Å². The first-order valence-electron chi connectivity index (χ1n) is 6.95. The summed E-state index contributed by atoms with van der Waals surface area (Å²) in [7, 11) is 1.95. The van der Waals surface area contributed by atoms with Crippen LogP contribution < -0.4 is 10.6 Å². The second-order valence-corrected chi connectivity index (χ2v) is 5.14. The predicted octanol–water partition coefficient (Wildman–Crippen LogP) is 1.59. The molecule has 0 aromatic heterocycles. The molecule has 0 unspecified atom stereocenters. The summed E-state index contributed by atoms with van der Waals surface area (Å²) in [4.78, 5) is 16.2. The van der Waals surface area contributed by atoms with Crippen LogP contribution in [0.5, 0.6) is 0 Å². The Hall–Kier alpha value is -1.55. The Kier molecular flexibility index (Phi) is 4.43. The summed E-state index contributed by atoms with van der Waals surface area (Å²) in [6.07, 6.45) is 2.32. The smallest absolute Gasteiger partial charge is 0.242 e. The number of rotatable bonds is 6. The summed E-state index contributed by atoms with van der Waals surface area (Å²) in [5, 5.41) is 0. The van der Waals surface area contributed by atoms with Crippen LogP contribution in [0.15, 0.2) is 24.3 Å². The summed E-state index contributed by atoms with van der Waals surface area (Å²) in [5.74, 6) is 0.218. The molecule has 1 amide bonds. The van der Waals surface area contributed by atoms with Gasteiger partial charge in [0.05, 0.1) is 6.54 Å². The van der Waals surface area contributed by atoms with E-state index in [1.54, 1.807) is 0 Å². The topological polar surface area (TPSA) is 49.6 Å². The molecule has 1 saturated carbocycles. The lowest BCUT2D eigenvalue weighted by molar-refractivity contribution is -0.130. The fourth-order valence-corrected chi connectivity index (χ4v) is 2.30. The fourth-order valence-electron chi connectivity index (χ4n) is 2.30. The molecule has 1 fully saturated rings. The van der Waals surface area contributed by atoms with Gasteiger partial charge in [-0.05, 0) is 37.5 Å². The molecule has 1 aromatic rings. The number of benzene rings is 1.